The quantitative estimate of drug-likeness (QED) is 0.601. The van der Waals surface area contributed by atoms with Gasteiger partial charge in [0.2, 0.25) is 0 Å². The van der Waals surface area contributed by atoms with Crippen LogP contribution in [0, 0.1) is 15.9 Å². The van der Waals surface area contributed by atoms with Gasteiger partial charge in [0.15, 0.2) is 17.7 Å². The Morgan fingerprint density at radius 1 is 1.59 bits per heavy atom. The molecule has 1 rings (SSSR count). The minimum Gasteiger partial charge on any atom is -0.493 e. The zero-order chi connectivity index (χ0) is 13.2. The predicted octanol–water partition coefficient (Wildman–Crippen LogP) is 0.860. The normalized spacial score (nSPS) is 11.9. The van der Waals surface area contributed by atoms with E-state index in [1.165, 1.54) is 0 Å². The average Bonchev–Trinajstić information content (AvgIpc) is 2.26. The number of methoxy groups -OCH3 is 1. The van der Waals surface area contributed by atoms with E-state index in [0.29, 0.717) is 6.07 Å². The van der Waals surface area contributed by atoms with E-state index in [4.69, 9.17) is 5.11 Å². The summed E-state index contributed by atoms with van der Waals surface area (Å²) in [5, 5.41) is 28.3. The number of carboxylic acid groups (broad SMARTS) is 1. The lowest BCUT2D eigenvalue weighted by Crippen LogP contribution is -2.13. The number of carboxylic acids is 1. The Bertz CT molecular complexity index is 475. The van der Waals surface area contributed by atoms with Crippen molar-refractivity contribution in [3.8, 4) is 5.75 Å². The number of nitro benzene ring substituents is 1. The SMILES string of the molecule is COc1c(F)cc([N+](=O)[O-])cc1C(O)C(=O)O. The molecular formula is C9H8FNO6. The molecule has 92 valence electrons. The minimum absolute atomic E-state index is 0.508. The number of aliphatic carboxylic acids is 1. The largest absolute Gasteiger partial charge is 0.493 e. The Morgan fingerprint density at radius 2 is 2.18 bits per heavy atom. The molecule has 1 aromatic rings. The van der Waals surface area contributed by atoms with Crippen LogP contribution >= 0.6 is 0 Å². The molecule has 1 aromatic carbocycles. The Hall–Kier alpha value is -2.22. The number of benzene rings is 1. The number of ether oxygens (including phenoxy) is 1. The van der Waals surface area contributed by atoms with E-state index in [1.807, 2.05) is 0 Å². The third kappa shape index (κ3) is 2.48. The topological polar surface area (TPSA) is 110 Å². The molecule has 0 fully saturated rings. The van der Waals surface area contributed by atoms with Crippen LogP contribution in [0.5, 0.6) is 5.75 Å². The van der Waals surface area contributed by atoms with Crippen molar-refractivity contribution in [2.45, 2.75) is 6.10 Å². The molecule has 0 bridgehead atoms. The van der Waals surface area contributed by atoms with Gasteiger partial charge in [0, 0.05) is 11.6 Å². The second kappa shape index (κ2) is 4.74. The molecular weight excluding hydrogens is 237 g/mol. The van der Waals surface area contributed by atoms with Crippen LogP contribution in [0.2, 0.25) is 0 Å². The third-order valence-electron chi connectivity index (χ3n) is 2.00. The first-order chi connectivity index (χ1) is 7.88. The summed E-state index contributed by atoms with van der Waals surface area (Å²) in [6.07, 6.45) is -2.10. The lowest BCUT2D eigenvalue weighted by molar-refractivity contribution is -0.385. The van der Waals surface area contributed by atoms with Crippen LogP contribution in [0.15, 0.2) is 12.1 Å². The average molecular weight is 245 g/mol. The maximum Gasteiger partial charge on any atom is 0.337 e. The highest BCUT2D eigenvalue weighted by Crippen LogP contribution is 2.32. The fraction of sp³-hybridized carbons (Fsp3) is 0.222. The van der Waals surface area contributed by atoms with Gasteiger partial charge in [0.1, 0.15) is 0 Å². The van der Waals surface area contributed by atoms with E-state index in [0.717, 1.165) is 13.2 Å². The molecule has 0 heterocycles. The molecule has 2 N–H and O–H groups in total. The van der Waals surface area contributed by atoms with E-state index >= 15 is 0 Å². The van der Waals surface area contributed by atoms with Crippen molar-refractivity contribution in [1.82, 2.24) is 0 Å². The van der Waals surface area contributed by atoms with Gasteiger partial charge >= 0.3 is 5.97 Å². The predicted molar refractivity (Wildman–Crippen MR) is 52.2 cm³/mol. The summed E-state index contributed by atoms with van der Waals surface area (Å²) in [4.78, 5) is 20.1. The number of halogens is 1. The number of hydrogen-bond donors (Lipinski definition) is 2. The first kappa shape index (κ1) is 12.8. The number of nitrogens with zero attached hydrogens (tertiary/aromatic N) is 1. The van der Waals surface area contributed by atoms with Crippen LogP contribution in [-0.2, 0) is 4.79 Å². The van der Waals surface area contributed by atoms with Crippen molar-refractivity contribution in [1.29, 1.82) is 0 Å². The smallest absolute Gasteiger partial charge is 0.337 e. The fourth-order valence-corrected chi connectivity index (χ4v) is 1.26. The van der Waals surface area contributed by atoms with Gasteiger partial charge in [-0.1, -0.05) is 0 Å². The number of nitro groups is 1. The summed E-state index contributed by atoms with van der Waals surface area (Å²) in [7, 11) is 1.06. The van der Waals surface area contributed by atoms with E-state index in [1.54, 1.807) is 0 Å². The molecule has 7 nitrogen and oxygen atoms in total. The second-order valence-corrected chi connectivity index (χ2v) is 3.05. The fourth-order valence-electron chi connectivity index (χ4n) is 1.26. The highest BCUT2D eigenvalue weighted by molar-refractivity contribution is 5.75. The molecule has 0 aliphatic rings. The van der Waals surface area contributed by atoms with Crippen LogP contribution in [0.25, 0.3) is 0 Å². The van der Waals surface area contributed by atoms with Crippen molar-refractivity contribution < 1.29 is 29.1 Å². The number of hydrogen-bond acceptors (Lipinski definition) is 5. The van der Waals surface area contributed by atoms with Crippen molar-refractivity contribution in [2.24, 2.45) is 0 Å². The zero-order valence-electron chi connectivity index (χ0n) is 8.58. The molecule has 17 heavy (non-hydrogen) atoms. The molecule has 0 saturated carbocycles. The number of aliphatic hydroxyl groups excluding tert-OH is 1. The molecule has 0 aliphatic carbocycles. The van der Waals surface area contributed by atoms with Gasteiger partial charge in [0.05, 0.1) is 18.1 Å². The highest BCUT2D eigenvalue weighted by Gasteiger charge is 2.26. The lowest BCUT2D eigenvalue weighted by atomic mass is 10.1. The Labute approximate surface area is 94.2 Å². The molecule has 0 aromatic heterocycles. The van der Waals surface area contributed by atoms with Gasteiger partial charge in [-0.25, -0.2) is 9.18 Å². The van der Waals surface area contributed by atoms with Crippen LogP contribution in [0.4, 0.5) is 10.1 Å². The summed E-state index contributed by atoms with van der Waals surface area (Å²) in [6.45, 7) is 0. The zero-order valence-corrected chi connectivity index (χ0v) is 8.58. The maximum absolute atomic E-state index is 13.4. The van der Waals surface area contributed by atoms with Gasteiger partial charge in [0.25, 0.3) is 5.69 Å². The summed E-state index contributed by atoms with van der Waals surface area (Å²) in [6, 6.07) is 1.33. The van der Waals surface area contributed by atoms with Crippen LogP contribution in [0.3, 0.4) is 0 Å². The van der Waals surface area contributed by atoms with Crippen LogP contribution in [-0.4, -0.2) is 28.2 Å². The number of non-ortho nitro benzene ring substituents is 1. The van der Waals surface area contributed by atoms with E-state index in [-0.39, 0.29) is 0 Å². The maximum atomic E-state index is 13.4. The van der Waals surface area contributed by atoms with Crippen molar-refractivity contribution in [3.63, 3.8) is 0 Å². The van der Waals surface area contributed by atoms with Crippen molar-refractivity contribution >= 4 is 11.7 Å². The van der Waals surface area contributed by atoms with Gasteiger partial charge in [-0.3, -0.25) is 10.1 Å². The molecule has 0 amide bonds. The van der Waals surface area contributed by atoms with Crippen molar-refractivity contribution in [3.05, 3.63) is 33.6 Å². The molecule has 1 unspecified atom stereocenters. The van der Waals surface area contributed by atoms with Gasteiger partial charge < -0.3 is 14.9 Å². The minimum atomic E-state index is -2.10. The molecule has 0 saturated heterocycles. The molecule has 0 aliphatic heterocycles. The van der Waals surface area contributed by atoms with E-state index in [9.17, 15) is 24.4 Å². The molecule has 8 heteroatoms. The Morgan fingerprint density at radius 3 is 2.59 bits per heavy atom. The van der Waals surface area contributed by atoms with Gasteiger partial charge in [-0.05, 0) is 0 Å². The van der Waals surface area contributed by atoms with Crippen molar-refractivity contribution in [2.75, 3.05) is 7.11 Å². The highest BCUT2D eigenvalue weighted by atomic mass is 19.1. The Kier molecular flexibility index (Phi) is 3.59. The van der Waals surface area contributed by atoms with Crippen LogP contribution in [0.1, 0.15) is 11.7 Å². The number of aliphatic hydroxyl groups is 1. The van der Waals surface area contributed by atoms with Gasteiger partial charge in [-0.15, -0.1) is 0 Å². The number of rotatable bonds is 4. The van der Waals surface area contributed by atoms with Crippen LogP contribution < -0.4 is 4.74 Å². The summed E-state index contributed by atoms with van der Waals surface area (Å²) < 4.78 is 17.9. The third-order valence-corrected chi connectivity index (χ3v) is 2.00. The van der Waals surface area contributed by atoms with E-state index in [2.05, 4.69) is 4.74 Å². The molecule has 0 spiro atoms. The van der Waals surface area contributed by atoms with Gasteiger partial charge in [-0.2, -0.15) is 0 Å². The first-order valence-corrected chi connectivity index (χ1v) is 4.31. The summed E-state index contributed by atoms with van der Waals surface area (Å²) in [5.74, 6) is -3.31. The summed E-state index contributed by atoms with van der Waals surface area (Å²) >= 11 is 0. The monoisotopic (exact) mass is 245 g/mol. The Balaban J connectivity index is 3.43. The van der Waals surface area contributed by atoms with E-state index < -0.39 is 39.8 Å². The standard InChI is InChI=1S/C9H8FNO6/c1-17-8-5(7(12)9(13)14)2-4(11(15)16)3-6(8)10/h2-3,7,12H,1H3,(H,13,14). The lowest BCUT2D eigenvalue weighted by Gasteiger charge is -2.11. The number of carbonyl (C=O) groups is 1. The summed E-state index contributed by atoms with van der Waals surface area (Å²) in [5.41, 5.74) is -1.18. The molecule has 1 atom stereocenters. The molecule has 0 radical (unpaired) electrons. The second-order valence-electron chi connectivity index (χ2n) is 3.05. The first-order valence-electron chi connectivity index (χ1n) is 4.31.